The van der Waals surface area contributed by atoms with E-state index in [0.29, 0.717) is 12.2 Å². The molecule has 0 spiro atoms. The van der Waals surface area contributed by atoms with Gasteiger partial charge in [-0.3, -0.25) is 14.3 Å². The average Bonchev–Trinajstić information content (AvgIpc) is 3.24. The van der Waals surface area contributed by atoms with Crippen LogP contribution in [0.3, 0.4) is 0 Å². The van der Waals surface area contributed by atoms with E-state index in [1.54, 1.807) is 17.8 Å². The van der Waals surface area contributed by atoms with Gasteiger partial charge >= 0.3 is 0 Å². The molecule has 3 heterocycles. The van der Waals surface area contributed by atoms with E-state index in [-0.39, 0.29) is 23.9 Å². The van der Waals surface area contributed by atoms with Gasteiger partial charge < -0.3 is 14.8 Å². The molecule has 2 aromatic rings. The number of piperidine rings is 1. The van der Waals surface area contributed by atoms with Crippen molar-refractivity contribution in [2.24, 2.45) is 7.05 Å². The fourth-order valence-electron chi connectivity index (χ4n) is 3.74. The molecule has 1 saturated heterocycles. The van der Waals surface area contributed by atoms with Crippen LogP contribution in [0.2, 0.25) is 0 Å². The van der Waals surface area contributed by atoms with Crippen molar-refractivity contribution < 1.29 is 9.59 Å². The zero-order chi connectivity index (χ0) is 18.7. The van der Waals surface area contributed by atoms with Crippen LogP contribution in [0, 0.1) is 0 Å². The average molecular weight is 357 g/mol. The first-order valence-corrected chi connectivity index (χ1v) is 9.18. The van der Waals surface area contributed by atoms with Crippen molar-refractivity contribution >= 4 is 11.8 Å². The van der Waals surface area contributed by atoms with Crippen LogP contribution < -0.4 is 5.32 Å². The van der Waals surface area contributed by atoms with E-state index in [0.717, 1.165) is 31.5 Å². The van der Waals surface area contributed by atoms with Gasteiger partial charge in [0.1, 0.15) is 5.69 Å². The lowest BCUT2D eigenvalue weighted by molar-refractivity contribution is -0.132. The Morgan fingerprint density at radius 2 is 2.15 bits per heavy atom. The Balaban J connectivity index is 1.71. The normalized spacial score (nSPS) is 18.6. The van der Waals surface area contributed by atoms with Crippen LogP contribution in [-0.2, 0) is 18.4 Å². The second-order valence-electron chi connectivity index (χ2n) is 7.03. The summed E-state index contributed by atoms with van der Waals surface area (Å²) in [5.41, 5.74) is 1.63. The highest BCUT2D eigenvalue weighted by molar-refractivity contribution is 5.93. The van der Waals surface area contributed by atoms with Gasteiger partial charge in [-0.05, 0) is 44.4 Å². The SMILES string of the molecule is CC(=O)N1CCCC[C@H]1c1ccc(C(=O)N[C@H](C)Cn2cccn2)n1C. The second kappa shape index (κ2) is 7.76. The van der Waals surface area contributed by atoms with Gasteiger partial charge in [-0.25, -0.2) is 0 Å². The summed E-state index contributed by atoms with van der Waals surface area (Å²) in [6.07, 6.45) is 6.68. The van der Waals surface area contributed by atoms with Crippen LogP contribution >= 0.6 is 0 Å². The van der Waals surface area contributed by atoms with Gasteiger partial charge in [0.05, 0.1) is 12.6 Å². The minimum atomic E-state index is -0.108. The molecule has 2 aromatic heterocycles. The molecule has 7 nitrogen and oxygen atoms in total. The van der Waals surface area contributed by atoms with Crippen molar-refractivity contribution in [2.75, 3.05) is 6.54 Å². The predicted octanol–water partition coefficient (Wildman–Crippen LogP) is 2.11. The van der Waals surface area contributed by atoms with Crippen molar-refractivity contribution in [1.29, 1.82) is 0 Å². The molecule has 0 unspecified atom stereocenters. The lowest BCUT2D eigenvalue weighted by Gasteiger charge is -2.35. The third-order valence-electron chi connectivity index (χ3n) is 5.04. The third-order valence-corrected chi connectivity index (χ3v) is 5.04. The highest BCUT2D eigenvalue weighted by Gasteiger charge is 2.29. The van der Waals surface area contributed by atoms with Crippen molar-refractivity contribution in [2.45, 2.75) is 51.7 Å². The van der Waals surface area contributed by atoms with E-state index in [4.69, 9.17) is 0 Å². The fourth-order valence-corrected chi connectivity index (χ4v) is 3.74. The van der Waals surface area contributed by atoms with E-state index < -0.39 is 0 Å². The summed E-state index contributed by atoms with van der Waals surface area (Å²) in [6, 6.07) is 5.69. The molecule has 26 heavy (non-hydrogen) atoms. The highest BCUT2D eigenvalue weighted by Crippen LogP contribution is 2.31. The van der Waals surface area contributed by atoms with E-state index in [1.165, 1.54) is 0 Å². The minimum Gasteiger partial charge on any atom is -0.346 e. The minimum absolute atomic E-state index is 0.0378. The van der Waals surface area contributed by atoms with Crippen LogP contribution in [0.25, 0.3) is 0 Å². The number of nitrogens with zero attached hydrogens (tertiary/aromatic N) is 4. The van der Waals surface area contributed by atoms with Crippen molar-refractivity contribution in [3.63, 3.8) is 0 Å². The van der Waals surface area contributed by atoms with E-state index in [2.05, 4.69) is 10.4 Å². The number of likely N-dealkylation sites (tertiary alicyclic amines) is 1. The van der Waals surface area contributed by atoms with Gasteiger partial charge in [-0.15, -0.1) is 0 Å². The maximum absolute atomic E-state index is 12.7. The Bertz CT molecular complexity index is 765. The summed E-state index contributed by atoms with van der Waals surface area (Å²) in [4.78, 5) is 26.6. The molecule has 0 bridgehead atoms. The molecule has 1 aliphatic heterocycles. The monoisotopic (exact) mass is 357 g/mol. The van der Waals surface area contributed by atoms with Crippen LogP contribution in [-0.4, -0.2) is 43.6 Å². The molecule has 0 radical (unpaired) electrons. The first-order chi connectivity index (χ1) is 12.5. The van der Waals surface area contributed by atoms with Crippen molar-refractivity contribution in [3.8, 4) is 0 Å². The summed E-state index contributed by atoms with van der Waals surface area (Å²) < 4.78 is 3.72. The van der Waals surface area contributed by atoms with Gasteiger partial charge in [0.2, 0.25) is 5.91 Å². The summed E-state index contributed by atoms with van der Waals surface area (Å²) in [5.74, 6) is -0.0154. The van der Waals surface area contributed by atoms with Crippen LogP contribution in [0.4, 0.5) is 0 Å². The largest absolute Gasteiger partial charge is 0.346 e. The Hall–Kier alpha value is -2.57. The van der Waals surface area contributed by atoms with Crippen molar-refractivity contribution in [3.05, 3.63) is 42.0 Å². The van der Waals surface area contributed by atoms with E-state index in [1.807, 2.05) is 47.8 Å². The number of aromatic nitrogens is 3. The van der Waals surface area contributed by atoms with Crippen LogP contribution in [0.1, 0.15) is 55.3 Å². The summed E-state index contributed by atoms with van der Waals surface area (Å²) in [7, 11) is 1.90. The molecule has 1 fully saturated rings. The first kappa shape index (κ1) is 18.2. The lowest BCUT2D eigenvalue weighted by atomic mass is 9.99. The smallest absolute Gasteiger partial charge is 0.268 e. The molecule has 0 aromatic carbocycles. The molecule has 1 aliphatic rings. The molecule has 2 amide bonds. The number of carbonyl (C=O) groups is 2. The molecule has 0 aliphatic carbocycles. The predicted molar refractivity (Wildman–Crippen MR) is 98.5 cm³/mol. The van der Waals surface area contributed by atoms with Crippen LogP contribution in [0.15, 0.2) is 30.6 Å². The molecule has 3 rings (SSSR count). The number of hydrogen-bond donors (Lipinski definition) is 1. The number of hydrogen-bond acceptors (Lipinski definition) is 3. The summed E-state index contributed by atoms with van der Waals surface area (Å²) >= 11 is 0. The summed E-state index contributed by atoms with van der Waals surface area (Å²) in [5, 5.41) is 7.19. The highest BCUT2D eigenvalue weighted by atomic mass is 16.2. The molecule has 140 valence electrons. The molecular formula is C19H27N5O2. The topological polar surface area (TPSA) is 72.2 Å². The Labute approximate surface area is 154 Å². The van der Waals surface area contributed by atoms with E-state index >= 15 is 0 Å². The number of rotatable bonds is 5. The molecular weight excluding hydrogens is 330 g/mol. The maximum atomic E-state index is 12.7. The molecule has 0 saturated carbocycles. The van der Waals surface area contributed by atoms with Gasteiger partial charge in [0, 0.05) is 44.6 Å². The van der Waals surface area contributed by atoms with Gasteiger partial charge in [-0.2, -0.15) is 5.10 Å². The lowest BCUT2D eigenvalue weighted by Crippen LogP contribution is -2.39. The second-order valence-corrected chi connectivity index (χ2v) is 7.03. The van der Waals surface area contributed by atoms with E-state index in [9.17, 15) is 9.59 Å². The standard InChI is InChI=1S/C19H27N5O2/c1-14(13-23-11-6-10-20-23)21-19(26)18-9-8-16(22(18)3)17-7-4-5-12-24(17)15(2)25/h6,8-11,14,17H,4-5,7,12-13H2,1-3H3,(H,21,26)/t14-,17+/m1/s1. The Morgan fingerprint density at radius 1 is 1.35 bits per heavy atom. The number of amides is 2. The number of nitrogens with one attached hydrogen (secondary N) is 1. The maximum Gasteiger partial charge on any atom is 0.268 e. The molecule has 1 N–H and O–H groups in total. The Morgan fingerprint density at radius 3 is 2.85 bits per heavy atom. The first-order valence-electron chi connectivity index (χ1n) is 9.18. The third kappa shape index (κ3) is 3.81. The quantitative estimate of drug-likeness (QED) is 0.891. The molecule has 7 heteroatoms. The Kier molecular flexibility index (Phi) is 5.44. The fraction of sp³-hybridized carbons (Fsp3) is 0.526. The zero-order valence-electron chi connectivity index (χ0n) is 15.7. The summed E-state index contributed by atoms with van der Waals surface area (Å²) in [6.45, 7) is 4.98. The number of carbonyl (C=O) groups excluding carboxylic acids is 2. The van der Waals surface area contributed by atoms with Crippen LogP contribution in [0.5, 0.6) is 0 Å². The van der Waals surface area contributed by atoms with Gasteiger partial charge in [0.15, 0.2) is 0 Å². The van der Waals surface area contributed by atoms with Gasteiger partial charge in [0.25, 0.3) is 5.91 Å². The zero-order valence-corrected chi connectivity index (χ0v) is 15.7. The van der Waals surface area contributed by atoms with Gasteiger partial charge in [-0.1, -0.05) is 0 Å². The van der Waals surface area contributed by atoms with Crippen molar-refractivity contribution in [1.82, 2.24) is 24.6 Å². The molecule has 2 atom stereocenters.